The van der Waals surface area contributed by atoms with Gasteiger partial charge in [0.25, 0.3) is 0 Å². The minimum atomic E-state index is -0.962. The van der Waals surface area contributed by atoms with Gasteiger partial charge in [-0.15, -0.1) is 0 Å². The van der Waals surface area contributed by atoms with Crippen LogP contribution in [0.2, 0.25) is 0 Å². The van der Waals surface area contributed by atoms with Gasteiger partial charge in [-0.3, -0.25) is 4.79 Å². The first-order valence-corrected chi connectivity index (χ1v) is 14.4. The zero-order valence-electron chi connectivity index (χ0n) is 24.1. The van der Waals surface area contributed by atoms with Crippen LogP contribution in [0.5, 0.6) is 0 Å². The molecule has 1 heterocycles. The number of nitrogens with one attached hydrogen (secondary N) is 4. The molecule has 10 nitrogen and oxygen atoms in total. The number of amides is 1. The molecule has 41 heavy (non-hydrogen) atoms. The predicted molar refractivity (Wildman–Crippen MR) is 161 cm³/mol. The summed E-state index contributed by atoms with van der Waals surface area (Å²) in [4.78, 5) is 37.7. The van der Waals surface area contributed by atoms with Crippen molar-refractivity contribution in [3.63, 3.8) is 0 Å². The smallest absolute Gasteiger partial charge is 0.335 e. The summed E-state index contributed by atoms with van der Waals surface area (Å²) < 4.78 is 0. The Morgan fingerprint density at radius 2 is 1.44 bits per heavy atom. The molecule has 1 aliphatic rings. The molecule has 1 aliphatic carbocycles. The molecule has 3 aromatic rings. The minimum Gasteiger partial charge on any atom is -0.478 e. The molecule has 0 bridgehead atoms. The van der Waals surface area contributed by atoms with Crippen LogP contribution in [0, 0.1) is 11.8 Å². The van der Waals surface area contributed by atoms with E-state index in [1.165, 1.54) is 5.56 Å². The summed E-state index contributed by atoms with van der Waals surface area (Å²) in [6, 6.07) is 17.1. The number of hydrogen-bond donors (Lipinski definition) is 5. The van der Waals surface area contributed by atoms with Crippen molar-refractivity contribution < 1.29 is 14.7 Å². The monoisotopic (exact) mass is 559 g/mol. The Labute approximate surface area is 241 Å². The third kappa shape index (κ3) is 9.16. The Balaban J connectivity index is 1.30. The molecule has 5 N–H and O–H groups in total. The molecule has 10 heteroatoms. The third-order valence-corrected chi connectivity index (χ3v) is 7.34. The van der Waals surface area contributed by atoms with Crippen molar-refractivity contribution in [2.24, 2.45) is 11.8 Å². The zero-order valence-corrected chi connectivity index (χ0v) is 24.1. The first kappa shape index (κ1) is 29.8. The van der Waals surface area contributed by atoms with Gasteiger partial charge in [0.1, 0.15) is 0 Å². The fourth-order valence-corrected chi connectivity index (χ4v) is 4.82. The highest BCUT2D eigenvalue weighted by atomic mass is 16.4. The van der Waals surface area contributed by atoms with Gasteiger partial charge in [0.05, 0.1) is 5.56 Å². The van der Waals surface area contributed by atoms with Crippen LogP contribution < -0.4 is 21.3 Å². The summed E-state index contributed by atoms with van der Waals surface area (Å²) in [6.07, 6.45) is 3.20. The average Bonchev–Trinajstić information content (AvgIpc) is 2.98. The van der Waals surface area contributed by atoms with Gasteiger partial charge in [0.15, 0.2) is 0 Å². The fourth-order valence-electron chi connectivity index (χ4n) is 4.82. The van der Waals surface area contributed by atoms with E-state index in [0.717, 1.165) is 37.8 Å². The van der Waals surface area contributed by atoms with Gasteiger partial charge in [0, 0.05) is 31.6 Å². The van der Waals surface area contributed by atoms with E-state index in [1.807, 2.05) is 18.2 Å². The Hall–Kier alpha value is -4.21. The van der Waals surface area contributed by atoms with Gasteiger partial charge in [-0.05, 0) is 60.8 Å². The summed E-state index contributed by atoms with van der Waals surface area (Å²) in [7, 11) is 0. The van der Waals surface area contributed by atoms with E-state index in [1.54, 1.807) is 24.3 Å². The number of aromatic nitrogens is 3. The molecule has 1 fully saturated rings. The predicted octanol–water partition coefficient (Wildman–Crippen LogP) is 5.14. The lowest BCUT2D eigenvalue weighted by Gasteiger charge is -2.28. The van der Waals surface area contributed by atoms with Crippen molar-refractivity contribution >= 4 is 29.7 Å². The standard InChI is InChI=1S/C31H41N7O3/c1-20(2)17-33-29-36-30(34-18-21(3)23-7-5-4-6-8-23)38-31(37-29)35-26-15-13-24(14-16-26)27(39)32-19-22-9-11-25(12-10-22)28(40)41/h4-12,20-21,24,26H,13-19H2,1-3H3,(H,32,39)(H,40,41)(H3,33,34,35,36,37,38)/t21-,24?,26?/m0/s1. The van der Waals surface area contributed by atoms with Crippen molar-refractivity contribution in [2.75, 3.05) is 29.0 Å². The van der Waals surface area contributed by atoms with E-state index in [9.17, 15) is 9.59 Å². The van der Waals surface area contributed by atoms with Crippen LogP contribution in [-0.4, -0.2) is 51.1 Å². The molecule has 1 atom stereocenters. The van der Waals surface area contributed by atoms with E-state index in [-0.39, 0.29) is 23.4 Å². The van der Waals surface area contributed by atoms with Crippen molar-refractivity contribution in [3.05, 3.63) is 71.3 Å². The second-order valence-corrected chi connectivity index (χ2v) is 11.2. The number of nitrogens with zero attached hydrogens (tertiary/aromatic N) is 3. The quantitative estimate of drug-likeness (QED) is 0.192. The molecule has 0 unspecified atom stereocenters. The lowest BCUT2D eigenvalue weighted by atomic mass is 9.85. The average molecular weight is 560 g/mol. The van der Waals surface area contributed by atoms with Gasteiger partial charge in [-0.1, -0.05) is 63.2 Å². The molecular formula is C31H41N7O3. The third-order valence-electron chi connectivity index (χ3n) is 7.34. The number of hydrogen-bond acceptors (Lipinski definition) is 8. The normalized spacial score (nSPS) is 17.5. The van der Waals surface area contributed by atoms with Gasteiger partial charge in [-0.25, -0.2) is 4.79 Å². The SMILES string of the molecule is CC(C)CNc1nc(NC[C@H](C)c2ccccc2)nc(NC2CCC(C(=O)NCc3ccc(C(=O)O)cc3)CC2)n1. The van der Waals surface area contributed by atoms with E-state index < -0.39 is 5.97 Å². The highest BCUT2D eigenvalue weighted by molar-refractivity contribution is 5.87. The van der Waals surface area contributed by atoms with Crippen LogP contribution in [0.1, 0.15) is 73.9 Å². The second kappa shape index (κ2) is 14.4. The maximum absolute atomic E-state index is 12.8. The van der Waals surface area contributed by atoms with E-state index >= 15 is 0 Å². The largest absolute Gasteiger partial charge is 0.478 e. The molecule has 4 rings (SSSR count). The lowest BCUT2D eigenvalue weighted by molar-refractivity contribution is -0.126. The number of carboxylic acids is 1. The molecule has 1 aromatic heterocycles. The Kier molecular flexibility index (Phi) is 10.5. The topological polar surface area (TPSA) is 141 Å². The summed E-state index contributed by atoms with van der Waals surface area (Å²) in [5.74, 6) is 1.35. The highest BCUT2D eigenvalue weighted by Gasteiger charge is 2.27. The Morgan fingerprint density at radius 1 is 0.829 bits per heavy atom. The first-order valence-electron chi connectivity index (χ1n) is 14.4. The van der Waals surface area contributed by atoms with Crippen molar-refractivity contribution in [2.45, 2.75) is 65.0 Å². The summed E-state index contributed by atoms with van der Waals surface area (Å²) >= 11 is 0. The number of carboxylic acid groups (broad SMARTS) is 1. The maximum atomic E-state index is 12.8. The van der Waals surface area contributed by atoms with Crippen LogP contribution in [-0.2, 0) is 11.3 Å². The van der Waals surface area contributed by atoms with E-state index in [4.69, 9.17) is 5.11 Å². The van der Waals surface area contributed by atoms with Crippen LogP contribution in [0.4, 0.5) is 17.8 Å². The van der Waals surface area contributed by atoms with E-state index in [0.29, 0.717) is 42.8 Å². The Morgan fingerprint density at radius 3 is 2.05 bits per heavy atom. The number of carbonyl (C=O) groups excluding carboxylic acids is 1. The van der Waals surface area contributed by atoms with Crippen LogP contribution in [0.25, 0.3) is 0 Å². The van der Waals surface area contributed by atoms with Crippen LogP contribution in [0.15, 0.2) is 54.6 Å². The summed E-state index contributed by atoms with van der Waals surface area (Å²) in [6.45, 7) is 8.28. The van der Waals surface area contributed by atoms with E-state index in [2.05, 4.69) is 69.1 Å². The first-order chi connectivity index (χ1) is 19.8. The second-order valence-electron chi connectivity index (χ2n) is 11.2. The number of aromatic carboxylic acids is 1. The van der Waals surface area contributed by atoms with Gasteiger partial charge < -0.3 is 26.4 Å². The molecular weight excluding hydrogens is 518 g/mol. The van der Waals surface area contributed by atoms with Crippen molar-refractivity contribution in [1.29, 1.82) is 0 Å². The highest BCUT2D eigenvalue weighted by Crippen LogP contribution is 2.27. The number of rotatable bonds is 13. The number of benzene rings is 2. The molecule has 0 saturated heterocycles. The maximum Gasteiger partial charge on any atom is 0.335 e. The van der Waals surface area contributed by atoms with Crippen molar-refractivity contribution in [3.8, 4) is 0 Å². The minimum absolute atomic E-state index is 0.0325. The van der Waals surface area contributed by atoms with Gasteiger partial charge in [-0.2, -0.15) is 15.0 Å². The van der Waals surface area contributed by atoms with Crippen LogP contribution >= 0.6 is 0 Å². The molecule has 1 amide bonds. The van der Waals surface area contributed by atoms with Gasteiger partial charge in [0.2, 0.25) is 23.8 Å². The summed E-state index contributed by atoms with van der Waals surface area (Å²) in [5, 5.41) is 22.2. The summed E-state index contributed by atoms with van der Waals surface area (Å²) in [5.41, 5.74) is 2.36. The molecule has 218 valence electrons. The molecule has 0 spiro atoms. The molecule has 0 aliphatic heterocycles. The molecule has 0 radical (unpaired) electrons. The lowest BCUT2D eigenvalue weighted by Crippen LogP contribution is -2.36. The number of carbonyl (C=O) groups is 2. The number of anilines is 3. The van der Waals surface area contributed by atoms with Gasteiger partial charge >= 0.3 is 5.97 Å². The molecule has 1 saturated carbocycles. The van der Waals surface area contributed by atoms with Crippen molar-refractivity contribution in [1.82, 2.24) is 20.3 Å². The zero-order chi connectivity index (χ0) is 29.2. The fraction of sp³-hybridized carbons (Fsp3) is 0.452. The Bertz CT molecular complexity index is 1280. The van der Waals surface area contributed by atoms with Crippen LogP contribution in [0.3, 0.4) is 0 Å². The molecule has 2 aromatic carbocycles.